The van der Waals surface area contributed by atoms with Gasteiger partial charge in [0.2, 0.25) is 17.2 Å². The molecule has 0 atom stereocenters. The zero-order chi connectivity index (χ0) is 32.8. The normalized spacial score (nSPS) is 12.7. The van der Waals surface area contributed by atoms with Gasteiger partial charge in [0, 0.05) is 16.8 Å². The molecule has 0 bridgehead atoms. The van der Waals surface area contributed by atoms with E-state index in [2.05, 4.69) is 30.9 Å². The van der Waals surface area contributed by atoms with Crippen LogP contribution in [0.1, 0.15) is 31.8 Å². The highest BCUT2D eigenvalue weighted by Gasteiger charge is 2.36. The summed E-state index contributed by atoms with van der Waals surface area (Å²) in [6, 6.07) is 9.78. The van der Waals surface area contributed by atoms with Crippen molar-refractivity contribution in [3.63, 3.8) is 0 Å². The average Bonchev–Trinajstić information content (AvgIpc) is 2.95. The number of anilines is 6. The van der Waals surface area contributed by atoms with Gasteiger partial charge in [-0.25, -0.2) is 0 Å². The summed E-state index contributed by atoms with van der Waals surface area (Å²) in [5.74, 6) is -3.36. The van der Waals surface area contributed by atoms with Crippen molar-refractivity contribution in [3.05, 3.63) is 76.1 Å². The molecule has 3 aromatic carbocycles. The van der Waals surface area contributed by atoms with Crippen molar-refractivity contribution >= 4 is 84.0 Å². The van der Waals surface area contributed by atoms with Gasteiger partial charge in [0.1, 0.15) is 16.3 Å². The number of nitrogens with one attached hydrogen (secondary N) is 3. The van der Waals surface area contributed by atoms with Gasteiger partial charge in [-0.1, -0.05) is 24.3 Å². The smallest absolute Gasteiger partial charge is 0.322 e. The number of nitrogen functional groups attached to an aromatic ring is 1. The quantitative estimate of drug-likeness (QED) is 0.0871. The Morgan fingerprint density at radius 3 is 2.00 bits per heavy atom. The van der Waals surface area contributed by atoms with Crippen molar-refractivity contribution in [3.8, 4) is 0 Å². The van der Waals surface area contributed by atoms with Crippen molar-refractivity contribution in [2.75, 3.05) is 28.2 Å². The molecule has 20 heteroatoms. The molecule has 0 saturated carbocycles. The Balaban J connectivity index is 1.60. The van der Waals surface area contributed by atoms with Crippen LogP contribution in [0.15, 0.2) is 58.3 Å². The lowest BCUT2D eigenvalue weighted by molar-refractivity contribution is -0.134. The molecule has 17 nitrogen and oxygen atoms in total. The third-order valence-electron chi connectivity index (χ3n) is 6.27. The lowest BCUT2D eigenvalue weighted by Gasteiger charge is -2.24. The lowest BCUT2D eigenvalue weighted by atomic mass is 9.82. The maximum atomic E-state index is 13.5. The summed E-state index contributed by atoms with van der Waals surface area (Å²) in [6.07, 6.45) is 0. The number of halogens is 1. The number of carbonyl (C=O) groups excluding carboxylic acids is 2. The van der Waals surface area contributed by atoms with Gasteiger partial charge < -0.3 is 26.8 Å². The Labute approximate surface area is 258 Å². The number of carboxylic acid groups (broad SMARTS) is 1. The predicted molar refractivity (Wildman–Crippen MR) is 158 cm³/mol. The van der Waals surface area contributed by atoms with Crippen LogP contribution in [0.25, 0.3) is 0 Å². The molecule has 232 valence electrons. The van der Waals surface area contributed by atoms with E-state index < -0.39 is 70.6 Å². The maximum Gasteiger partial charge on any atom is 0.322 e. The van der Waals surface area contributed by atoms with Crippen LogP contribution >= 0.6 is 11.6 Å². The Kier molecular flexibility index (Phi) is 7.89. The van der Waals surface area contributed by atoms with Crippen molar-refractivity contribution in [1.82, 2.24) is 15.0 Å². The fourth-order valence-corrected chi connectivity index (χ4v) is 5.92. The standard InChI is InChI=1S/C25H18ClN7O10S2/c26-23-31-24(28-9-17(34)35)33-25(32-23)30-13-6-5-10(7-15(13)44(38,39)40)29-14-8-16(45(41,42)43)20(27)19-18(14)21(36)11-3-1-2-4-12(11)22(19)37/h1-8,29H,9,27H2,(H,34,35)(H,38,39,40)(H,41,42,43)(H2,28,30,31,32,33). The first-order valence-electron chi connectivity index (χ1n) is 12.2. The van der Waals surface area contributed by atoms with Crippen LogP contribution in [-0.4, -0.2) is 70.1 Å². The molecule has 1 heterocycles. The van der Waals surface area contributed by atoms with Crippen LogP contribution < -0.4 is 21.7 Å². The second kappa shape index (κ2) is 11.4. The number of rotatable bonds is 9. The lowest BCUT2D eigenvalue weighted by Crippen LogP contribution is -2.25. The Bertz CT molecular complexity index is 2180. The minimum absolute atomic E-state index is 0.0107. The molecule has 5 rings (SSSR count). The number of hydrogen-bond donors (Lipinski definition) is 7. The number of nitrogens with zero attached hydrogens (tertiary/aromatic N) is 3. The number of benzene rings is 3. The van der Waals surface area contributed by atoms with E-state index in [1.54, 1.807) is 0 Å². The number of nitrogens with two attached hydrogens (primary N) is 1. The first kappa shape index (κ1) is 31.2. The second-order valence-electron chi connectivity index (χ2n) is 9.20. The summed E-state index contributed by atoms with van der Waals surface area (Å²) in [7, 11) is -10.0. The van der Waals surface area contributed by atoms with E-state index in [1.165, 1.54) is 30.3 Å². The monoisotopic (exact) mass is 675 g/mol. The van der Waals surface area contributed by atoms with Gasteiger partial charge in [-0.05, 0) is 35.9 Å². The Hall–Kier alpha value is -5.21. The minimum atomic E-state index is -5.03. The number of aliphatic carboxylic acids is 1. The molecule has 0 unspecified atom stereocenters. The van der Waals surface area contributed by atoms with Crippen molar-refractivity contribution in [2.24, 2.45) is 0 Å². The average molecular weight is 676 g/mol. The number of fused-ring (bicyclic) bond motifs is 2. The molecule has 0 saturated heterocycles. The summed E-state index contributed by atoms with van der Waals surface area (Å²) in [5.41, 5.74) is 3.62. The summed E-state index contributed by atoms with van der Waals surface area (Å²) in [6.45, 7) is -0.579. The minimum Gasteiger partial charge on any atom is -0.480 e. The summed E-state index contributed by atoms with van der Waals surface area (Å²) in [4.78, 5) is 47.4. The number of ketones is 2. The first-order chi connectivity index (χ1) is 21.0. The molecule has 0 amide bonds. The van der Waals surface area contributed by atoms with Crippen LogP contribution in [0.5, 0.6) is 0 Å². The van der Waals surface area contributed by atoms with E-state index in [-0.39, 0.29) is 45.6 Å². The molecule has 8 N–H and O–H groups in total. The maximum absolute atomic E-state index is 13.5. The van der Waals surface area contributed by atoms with Gasteiger partial charge in [-0.15, -0.1) is 0 Å². The topological polar surface area (TPSA) is 281 Å². The highest BCUT2D eigenvalue weighted by molar-refractivity contribution is 7.86. The molecule has 0 radical (unpaired) electrons. The van der Waals surface area contributed by atoms with E-state index >= 15 is 0 Å². The van der Waals surface area contributed by atoms with E-state index in [0.717, 1.165) is 18.2 Å². The van der Waals surface area contributed by atoms with E-state index in [4.69, 9.17) is 22.4 Å². The van der Waals surface area contributed by atoms with Crippen molar-refractivity contribution < 1.29 is 45.4 Å². The Morgan fingerprint density at radius 2 is 1.40 bits per heavy atom. The van der Waals surface area contributed by atoms with Crippen LogP contribution in [0, 0.1) is 0 Å². The largest absolute Gasteiger partial charge is 0.480 e. The molecule has 0 spiro atoms. The molecule has 1 aromatic heterocycles. The zero-order valence-electron chi connectivity index (χ0n) is 22.1. The van der Waals surface area contributed by atoms with Crippen LogP contribution in [0.3, 0.4) is 0 Å². The number of carboxylic acids is 1. The van der Waals surface area contributed by atoms with E-state index in [9.17, 15) is 40.3 Å². The van der Waals surface area contributed by atoms with Gasteiger partial charge >= 0.3 is 5.97 Å². The predicted octanol–water partition coefficient (Wildman–Crippen LogP) is 2.36. The highest BCUT2D eigenvalue weighted by atomic mass is 35.5. The number of carbonyl (C=O) groups is 3. The zero-order valence-corrected chi connectivity index (χ0v) is 24.5. The molecule has 45 heavy (non-hydrogen) atoms. The first-order valence-corrected chi connectivity index (χ1v) is 15.5. The van der Waals surface area contributed by atoms with Gasteiger partial charge in [0.15, 0.2) is 11.6 Å². The molecule has 0 fully saturated rings. The Morgan fingerprint density at radius 1 is 0.800 bits per heavy atom. The van der Waals surface area contributed by atoms with Gasteiger partial charge in [0.05, 0.1) is 28.2 Å². The highest BCUT2D eigenvalue weighted by Crippen LogP contribution is 2.40. The molecule has 4 aromatic rings. The summed E-state index contributed by atoms with van der Waals surface area (Å²) >= 11 is 5.86. The summed E-state index contributed by atoms with van der Waals surface area (Å²) in [5, 5.41) is 16.0. The second-order valence-corrected chi connectivity index (χ2v) is 12.3. The molecular formula is C25H18ClN7O10S2. The third kappa shape index (κ3) is 6.23. The third-order valence-corrected chi connectivity index (χ3v) is 8.22. The number of aromatic nitrogens is 3. The van der Waals surface area contributed by atoms with E-state index in [0.29, 0.717) is 0 Å². The SMILES string of the molecule is Nc1c(S(=O)(=O)O)cc(Nc2ccc(Nc3nc(Cl)nc(NCC(=O)O)n3)c(S(=O)(=O)O)c2)c2c1C(=O)c1ccccc1C2=O. The molecule has 1 aliphatic carbocycles. The van der Waals surface area contributed by atoms with Crippen molar-refractivity contribution in [2.45, 2.75) is 9.79 Å². The van der Waals surface area contributed by atoms with Gasteiger partial charge in [0.25, 0.3) is 20.2 Å². The number of hydrogen-bond acceptors (Lipinski definition) is 14. The molecule has 0 aliphatic heterocycles. The molecule has 1 aliphatic rings. The van der Waals surface area contributed by atoms with E-state index in [1.807, 2.05) is 0 Å². The van der Waals surface area contributed by atoms with Crippen LogP contribution in [-0.2, 0) is 25.0 Å². The van der Waals surface area contributed by atoms with Gasteiger partial charge in [-0.2, -0.15) is 31.8 Å². The van der Waals surface area contributed by atoms with Crippen LogP contribution in [0.4, 0.5) is 34.6 Å². The summed E-state index contributed by atoms with van der Waals surface area (Å²) < 4.78 is 68.9. The fourth-order valence-electron chi connectivity index (χ4n) is 4.44. The van der Waals surface area contributed by atoms with Crippen LogP contribution in [0.2, 0.25) is 5.28 Å². The fraction of sp³-hybridized carbons (Fsp3) is 0.0400. The van der Waals surface area contributed by atoms with Crippen molar-refractivity contribution in [1.29, 1.82) is 0 Å². The molecular weight excluding hydrogens is 658 g/mol. The van der Waals surface area contributed by atoms with Gasteiger partial charge in [-0.3, -0.25) is 23.5 Å².